The number of nitrogens with one attached hydrogen (secondary N) is 2. The highest BCUT2D eigenvalue weighted by molar-refractivity contribution is 9.10. The molecule has 31 heavy (non-hydrogen) atoms. The summed E-state index contributed by atoms with van der Waals surface area (Å²) in [4.78, 5) is 23.8. The van der Waals surface area contributed by atoms with Crippen molar-refractivity contribution >= 4 is 44.5 Å². The molecule has 0 atom stereocenters. The number of anilines is 2. The van der Waals surface area contributed by atoms with Gasteiger partial charge < -0.3 is 15.5 Å². The molecular formula is C24H28BrN5O. The Kier molecular flexibility index (Phi) is 6.70. The molecule has 3 aromatic rings. The average molecular weight is 482 g/mol. The summed E-state index contributed by atoms with van der Waals surface area (Å²) in [5.41, 5.74) is 1.65. The van der Waals surface area contributed by atoms with Crippen LogP contribution in [0.25, 0.3) is 10.9 Å². The Balaban J connectivity index is 1.31. The van der Waals surface area contributed by atoms with Crippen LogP contribution < -0.4 is 15.5 Å². The third-order valence-corrected chi connectivity index (χ3v) is 6.37. The van der Waals surface area contributed by atoms with Gasteiger partial charge in [0.15, 0.2) is 0 Å². The second kappa shape index (κ2) is 9.64. The highest BCUT2D eigenvalue weighted by atomic mass is 79.9. The zero-order valence-electron chi connectivity index (χ0n) is 17.9. The Morgan fingerprint density at radius 3 is 2.45 bits per heavy atom. The number of para-hydroxylation sites is 1. The summed E-state index contributed by atoms with van der Waals surface area (Å²) in [6, 6.07) is 15.9. The van der Waals surface area contributed by atoms with Crippen LogP contribution in [-0.4, -0.2) is 42.6 Å². The molecule has 0 saturated heterocycles. The highest BCUT2D eigenvalue weighted by Gasteiger charge is 2.23. The van der Waals surface area contributed by atoms with Crippen LogP contribution in [0.4, 0.5) is 11.8 Å². The van der Waals surface area contributed by atoms with Gasteiger partial charge in [-0.2, -0.15) is 4.98 Å². The summed E-state index contributed by atoms with van der Waals surface area (Å²) in [5, 5.41) is 7.69. The van der Waals surface area contributed by atoms with Gasteiger partial charge in [-0.3, -0.25) is 4.79 Å². The maximum absolute atomic E-state index is 12.3. The molecule has 162 valence electrons. The largest absolute Gasteiger partial charge is 0.362 e. The van der Waals surface area contributed by atoms with Crippen molar-refractivity contribution in [3.8, 4) is 0 Å². The number of hydrogen-bond acceptors (Lipinski definition) is 5. The summed E-state index contributed by atoms with van der Waals surface area (Å²) >= 11 is 3.40. The summed E-state index contributed by atoms with van der Waals surface area (Å²) in [6.45, 7) is 0.721. The Morgan fingerprint density at radius 1 is 1.03 bits per heavy atom. The lowest BCUT2D eigenvalue weighted by Crippen LogP contribution is -2.34. The molecule has 0 spiro atoms. The van der Waals surface area contributed by atoms with Gasteiger partial charge >= 0.3 is 0 Å². The third kappa shape index (κ3) is 5.34. The van der Waals surface area contributed by atoms with Gasteiger partial charge in [-0.05, 0) is 68.0 Å². The highest BCUT2D eigenvalue weighted by Crippen LogP contribution is 2.28. The van der Waals surface area contributed by atoms with Crippen LogP contribution in [0.5, 0.6) is 0 Å². The SMILES string of the molecule is CN(C)c1nc(NC2CCC(CNC(=O)c3ccc(Br)cc3)CC2)nc2ccccc12. The molecule has 2 N–H and O–H groups in total. The smallest absolute Gasteiger partial charge is 0.251 e. The fraction of sp³-hybridized carbons (Fsp3) is 0.375. The van der Waals surface area contributed by atoms with Crippen molar-refractivity contribution in [2.24, 2.45) is 5.92 Å². The maximum Gasteiger partial charge on any atom is 0.251 e. The van der Waals surface area contributed by atoms with Crippen molar-refractivity contribution in [2.45, 2.75) is 31.7 Å². The zero-order valence-corrected chi connectivity index (χ0v) is 19.5. The number of nitrogens with zero attached hydrogens (tertiary/aromatic N) is 3. The molecule has 6 nitrogen and oxygen atoms in total. The van der Waals surface area contributed by atoms with E-state index in [2.05, 4.69) is 32.6 Å². The number of rotatable bonds is 6. The predicted molar refractivity (Wildman–Crippen MR) is 130 cm³/mol. The first-order chi connectivity index (χ1) is 15.0. The maximum atomic E-state index is 12.3. The monoisotopic (exact) mass is 481 g/mol. The van der Waals surface area contributed by atoms with Crippen molar-refractivity contribution in [3.63, 3.8) is 0 Å². The van der Waals surface area contributed by atoms with Crippen LogP contribution in [0.1, 0.15) is 36.0 Å². The lowest BCUT2D eigenvalue weighted by Gasteiger charge is -2.29. The molecule has 0 radical (unpaired) electrons. The van der Waals surface area contributed by atoms with Crippen molar-refractivity contribution in [1.82, 2.24) is 15.3 Å². The lowest BCUT2D eigenvalue weighted by atomic mass is 9.86. The van der Waals surface area contributed by atoms with Gasteiger partial charge in [-0.1, -0.05) is 28.1 Å². The van der Waals surface area contributed by atoms with Crippen LogP contribution in [0, 0.1) is 5.92 Å². The fourth-order valence-electron chi connectivity index (χ4n) is 4.10. The van der Waals surface area contributed by atoms with E-state index in [9.17, 15) is 4.79 Å². The third-order valence-electron chi connectivity index (χ3n) is 5.84. The number of carbonyl (C=O) groups excluding carboxylic acids is 1. The molecular weight excluding hydrogens is 454 g/mol. The Morgan fingerprint density at radius 2 is 1.74 bits per heavy atom. The molecule has 1 aliphatic carbocycles. The molecule has 0 aliphatic heterocycles. The van der Waals surface area contributed by atoms with Crippen LogP contribution in [0.2, 0.25) is 0 Å². The van der Waals surface area contributed by atoms with E-state index in [1.165, 1.54) is 0 Å². The minimum atomic E-state index is -0.00599. The number of benzene rings is 2. The van der Waals surface area contributed by atoms with E-state index in [4.69, 9.17) is 9.97 Å². The molecule has 2 aromatic carbocycles. The van der Waals surface area contributed by atoms with Gasteiger partial charge in [-0.25, -0.2) is 4.98 Å². The summed E-state index contributed by atoms with van der Waals surface area (Å²) in [7, 11) is 4.01. The first kappa shape index (κ1) is 21.6. The van der Waals surface area contributed by atoms with Gasteiger partial charge in [0.05, 0.1) is 5.52 Å². The standard InChI is InChI=1S/C24H28BrN5O/c1-30(2)22-20-5-3-4-6-21(20)28-24(29-22)27-19-13-7-16(8-14-19)15-26-23(31)17-9-11-18(25)12-10-17/h3-6,9-12,16,19H,7-8,13-15H2,1-2H3,(H,26,31)(H,27,28,29). The minimum Gasteiger partial charge on any atom is -0.362 e. The number of halogens is 1. The molecule has 1 aromatic heterocycles. The van der Waals surface area contributed by atoms with Crippen molar-refractivity contribution < 1.29 is 4.79 Å². The van der Waals surface area contributed by atoms with Crippen LogP contribution >= 0.6 is 15.9 Å². The number of fused-ring (bicyclic) bond motifs is 1. The molecule has 1 fully saturated rings. The normalized spacial score (nSPS) is 18.5. The van der Waals surface area contributed by atoms with Crippen molar-refractivity contribution in [2.75, 3.05) is 30.9 Å². The predicted octanol–water partition coefficient (Wildman–Crippen LogP) is 4.86. The topological polar surface area (TPSA) is 70.2 Å². The first-order valence-corrected chi connectivity index (χ1v) is 11.5. The lowest BCUT2D eigenvalue weighted by molar-refractivity contribution is 0.0943. The van der Waals surface area contributed by atoms with E-state index in [1.54, 1.807) is 0 Å². The Bertz CT molecular complexity index is 1050. The van der Waals surface area contributed by atoms with E-state index in [0.29, 0.717) is 23.5 Å². The molecule has 0 unspecified atom stereocenters. The van der Waals surface area contributed by atoms with Gasteiger partial charge in [0.25, 0.3) is 5.91 Å². The van der Waals surface area contributed by atoms with E-state index in [0.717, 1.165) is 53.4 Å². The minimum absolute atomic E-state index is 0.00599. The quantitative estimate of drug-likeness (QED) is 0.525. The second-order valence-electron chi connectivity index (χ2n) is 8.36. The van der Waals surface area contributed by atoms with E-state index in [1.807, 2.05) is 61.5 Å². The van der Waals surface area contributed by atoms with E-state index in [-0.39, 0.29) is 5.91 Å². The molecule has 4 rings (SSSR count). The van der Waals surface area contributed by atoms with Crippen molar-refractivity contribution in [1.29, 1.82) is 0 Å². The number of aromatic nitrogens is 2. The van der Waals surface area contributed by atoms with E-state index >= 15 is 0 Å². The molecule has 0 bridgehead atoms. The molecule has 1 saturated carbocycles. The number of hydrogen-bond donors (Lipinski definition) is 2. The number of carbonyl (C=O) groups is 1. The molecule has 7 heteroatoms. The molecule has 1 amide bonds. The average Bonchev–Trinajstić information content (AvgIpc) is 2.78. The van der Waals surface area contributed by atoms with Gasteiger partial charge in [0.2, 0.25) is 5.95 Å². The zero-order chi connectivity index (χ0) is 21.8. The van der Waals surface area contributed by atoms with Crippen molar-refractivity contribution in [3.05, 3.63) is 58.6 Å². The summed E-state index contributed by atoms with van der Waals surface area (Å²) < 4.78 is 0.975. The Labute approximate surface area is 191 Å². The number of amides is 1. The summed E-state index contributed by atoms with van der Waals surface area (Å²) in [5.74, 6) is 2.12. The second-order valence-corrected chi connectivity index (χ2v) is 9.28. The summed E-state index contributed by atoms with van der Waals surface area (Å²) in [6.07, 6.45) is 4.25. The molecule has 1 heterocycles. The van der Waals surface area contributed by atoms with Gasteiger partial charge in [-0.15, -0.1) is 0 Å². The van der Waals surface area contributed by atoms with Crippen LogP contribution in [-0.2, 0) is 0 Å². The van der Waals surface area contributed by atoms with Gasteiger partial charge in [0, 0.05) is 42.1 Å². The van der Waals surface area contributed by atoms with E-state index < -0.39 is 0 Å². The fourth-order valence-corrected chi connectivity index (χ4v) is 4.36. The van der Waals surface area contributed by atoms with Crippen LogP contribution in [0.3, 0.4) is 0 Å². The van der Waals surface area contributed by atoms with Gasteiger partial charge in [0.1, 0.15) is 5.82 Å². The Hall–Kier alpha value is -2.67. The molecule has 1 aliphatic rings. The first-order valence-electron chi connectivity index (χ1n) is 10.7. The van der Waals surface area contributed by atoms with Crippen LogP contribution in [0.15, 0.2) is 53.0 Å².